The first-order chi connectivity index (χ1) is 17.8. The number of fused-ring (bicyclic) bond motifs is 1. The number of nitrogens with one attached hydrogen (secondary N) is 2. The Balaban J connectivity index is 1.21. The number of halogens is 2. The van der Waals surface area contributed by atoms with E-state index in [1.807, 2.05) is 49.4 Å². The third kappa shape index (κ3) is 6.09. The number of oxazole rings is 1. The number of thiocarbonyl (C=S) groups is 1. The van der Waals surface area contributed by atoms with Crippen LogP contribution in [0, 0.1) is 6.92 Å². The summed E-state index contributed by atoms with van der Waals surface area (Å²) in [4.78, 5) is 16.9. The van der Waals surface area contributed by atoms with Crippen LogP contribution in [-0.2, 0) is 4.79 Å². The first-order valence-electron chi connectivity index (χ1n) is 11.2. The van der Waals surface area contributed by atoms with Gasteiger partial charge in [0.25, 0.3) is 0 Å². The molecule has 2 N–H and O–H groups in total. The molecule has 3 aromatic carbocycles. The highest BCUT2D eigenvalue weighted by molar-refractivity contribution is 7.80. The third-order valence-corrected chi connectivity index (χ3v) is 5.96. The lowest BCUT2D eigenvalue weighted by Gasteiger charge is -2.08. The van der Waals surface area contributed by atoms with Crippen LogP contribution in [0.25, 0.3) is 40.0 Å². The van der Waals surface area contributed by atoms with Crippen LogP contribution in [0.5, 0.6) is 0 Å². The van der Waals surface area contributed by atoms with Gasteiger partial charge in [-0.2, -0.15) is 0 Å². The maximum absolute atomic E-state index is 12.4. The number of nitrogens with zero attached hydrogens (tertiary/aromatic N) is 1. The molecule has 0 aliphatic carbocycles. The predicted octanol–water partition coefficient (Wildman–Crippen LogP) is 7.90. The highest BCUT2D eigenvalue weighted by Gasteiger charge is 2.10. The van der Waals surface area contributed by atoms with Crippen molar-refractivity contribution in [3.8, 4) is 22.8 Å². The van der Waals surface area contributed by atoms with Crippen molar-refractivity contribution in [2.24, 2.45) is 0 Å². The van der Waals surface area contributed by atoms with E-state index in [0.717, 1.165) is 27.8 Å². The van der Waals surface area contributed by atoms with E-state index in [-0.39, 0.29) is 5.11 Å². The summed E-state index contributed by atoms with van der Waals surface area (Å²) < 4.78 is 11.7. The van der Waals surface area contributed by atoms with Gasteiger partial charge in [0, 0.05) is 32.9 Å². The summed E-state index contributed by atoms with van der Waals surface area (Å²) in [6, 6.07) is 21.9. The average Bonchev–Trinajstić information content (AvgIpc) is 3.49. The van der Waals surface area contributed by atoms with E-state index >= 15 is 0 Å². The number of carbonyl (C=O) groups is 1. The topological polar surface area (TPSA) is 80.3 Å². The van der Waals surface area contributed by atoms with Gasteiger partial charge >= 0.3 is 0 Å². The van der Waals surface area contributed by atoms with Gasteiger partial charge in [-0.15, -0.1) is 0 Å². The minimum Gasteiger partial charge on any atom is -0.457 e. The minimum atomic E-state index is -0.410. The van der Waals surface area contributed by atoms with Gasteiger partial charge in [-0.1, -0.05) is 35.3 Å². The van der Waals surface area contributed by atoms with Gasteiger partial charge in [-0.05, 0) is 91.4 Å². The fourth-order valence-electron chi connectivity index (χ4n) is 3.65. The second-order valence-electron chi connectivity index (χ2n) is 8.21. The molecule has 0 atom stereocenters. The summed E-state index contributed by atoms with van der Waals surface area (Å²) in [6.07, 6.45) is 2.88. The molecule has 1 amide bonds. The van der Waals surface area contributed by atoms with Gasteiger partial charge < -0.3 is 14.2 Å². The molecule has 0 radical (unpaired) electrons. The monoisotopic (exact) mass is 547 g/mol. The van der Waals surface area contributed by atoms with Gasteiger partial charge in [0.2, 0.25) is 11.8 Å². The summed E-state index contributed by atoms with van der Waals surface area (Å²) >= 11 is 17.4. The second-order valence-corrected chi connectivity index (χ2v) is 9.49. The molecule has 0 aliphatic rings. The molecule has 0 spiro atoms. The zero-order valence-corrected chi connectivity index (χ0v) is 21.7. The number of benzene rings is 3. The van der Waals surface area contributed by atoms with Crippen molar-refractivity contribution in [2.45, 2.75) is 6.92 Å². The van der Waals surface area contributed by atoms with Gasteiger partial charge in [-0.3, -0.25) is 10.1 Å². The minimum absolute atomic E-state index is 0.147. The van der Waals surface area contributed by atoms with Crippen LogP contribution in [-0.4, -0.2) is 16.0 Å². The molecule has 5 rings (SSSR count). The summed E-state index contributed by atoms with van der Waals surface area (Å²) in [5.41, 5.74) is 4.81. The maximum Gasteiger partial charge on any atom is 0.250 e. The van der Waals surface area contributed by atoms with Crippen molar-refractivity contribution < 1.29 is 13.6 Å². The lowest BCUT2D eigenvalue weighted by molar-refractivity contribution is -0.115. The number of rotatable bonds is 5. The molecule has 5 aromatic rings. The van der Waals surface area contributed by atoms with Crippen LogP contribution in [0.15, 0.2) is 87.7 Å². The Morgan fingerprint density at radius 3 is 2.57 bits per heavy atom. The van der Waals surface area contributed by atoms with Crippen molar-refractivity contribution in [2.75, 3.05) is 5.32 Å². The zero-order chi connectivity index (χ0) is 25.9. The van der Waals surface area contributed by atoms with E-state index in [1.165, 1.54) is 6.08 Å². The van der Waals surface area contributed by atoms with E-state index in [1.54, 1.807) is 36.4 Å². The maximum atomic E-state index is 12.4. The van der Waals surface area contributed by atoms with Gasteiger partial charge in [0.05, 0.1) is 0 Å². The fraction of sp³-hybridized carbons (Fsp3) is 0.0357. The lowest BCUT2D eigenvalue weighted by atomic mass is 10.2. The van der Waals surface area contributed by atoms with E-state index in [2.05, 4.69) is 15.6 Å². The predicted molar refractivity (Wildman–Crippen MR) is 152 cm³/mol. The van der Waals surface area contributed by atoms with Crippen LogP contribution in [0.3, 0.4) is 0 Å². The lowest BCUT2D eigenvalue weighted by Crippen LogP contribution is -2.32. The Bertz CT molecular complexity index is 1650. The number of carbonyl (C=O) groups excluding carboxylic acids is 1. The molecule has 6 nitrogen and oxygen atoms in total. The van der Waals surface area contributed by atoms with E-state index in [4.69, 9.17) is 44.3 Å². The normalized spacial score (nSPS) is 11.2. The van der Waals surface area contributed by atoms with Gasteiger partial charge in [-0.25, -0.2) is 4.98 Å². The quantitative estimate of drug-likeness (QED) is 0.172. The number of aryl methyl sites for hydroxylation is 1. The molecule has 9 heteroatoms. The highest BCUT2D eigenvalue weighted by Crippen LogP contribution is 2.29. The Morgan fingerprint density at radius 1 is 0.946 bits per heavy atom. The van der Waals surface area contributed by atoms with E-state index in [9.17, 15) is 4.79 Å². The summed E-state index contributed by atoms with van der Waals surface area (Å²) in [7, 11) is 0. The largest absolute Gasteiger partial charge is 0.457 e. The highest BCUT2D eigenvalue weighted by atomic mass is 35.5. The Kier molecular flexibility index (Phi) is 7.10. The van der Waals surface area contributed by atoms with Crippen molar-refractivity contribution in [3.63, 3.8) is 0 Å². The van der Waals surface area contributed by atoms with Crippen LogP contribution < -0.4 is 10.6 Å². The smallest absolute Gasteiger partial charge is 0.250 e. The SMILES string of the molecule is Cc1ccc2nc(-c3cccc(NC(=S)NC(=O)/C=C/c4ccc(-c5cc(Cl)cc(Cl)c5)o4)c3)oc2c1. The fourth-order valence-corrected chi connectivity index (χ4v) is 4.40. The molecule has 0 saturated heterocycles. The number of amides is 1. The van der Waals surface area contributed by atoms with Crippen molar-refractivity contribution in [3.05, 3.63) is 100 Å². The Labute approximate surface area is 227 Å². The number of anilines is 1. The Morgan fingerprint density at radius 2 is 1.76 bits per heavy atom. The number of hydrogen-bond donors (Lipinski definition) is 2. The van der Waals surface area contributed by atoms with Crippen LogP contribution >= 0.6 is 35.4 Å². The molecular formula is C28H19Cl2N3O3S. The van der Waals surface area contributed by atoms with Crippen LogP contribution in [0.1, 0.15) is 11.3 Å². The van der Waals surface area contributed by atoms with E-state index < -0.39 is 5.91 Å². The van der Waals surface area contributed by atoms with Crippen molar-refractivity contribution >= 4 is 69.3 Å². The molecule has 184 valence electrons. The zero-order valence-electron chi connectivity index (χ0n) is 19.4. The summed E-state index contributed by atoms with van der Waals surface area (Å²) in [5.74, 6) is 1.16. The molecule has 2 aromatic heterocycles. The molecule has 0 unspecified atom stereocenters. The summed E-state index contributed by atoms with van der Waals surface area (Å²) in [5, 5.41) is 6.78. The second kappa shape index (κ2) is 10.6. The molecule has 37 heavy (non-hydrogen) atoms. The molecule has 0 saturated carbocycles. The standard InChI is InChI=1S/C28H19Cl2N3O3S/c1-16-5-8-23-25(11-16)36-27(32-23)17-3-2-4-21(14-17)31-28(37)33-26(34)10-7-22-6-9-24(35-22)18-12-19(29)15-20(30)13-18/h2-15H,1H3,(H2,31,33,34,37)/b10-7+. The molecule has 0 bridgehead atoms. The Hall–Kier alpha value is -3.91. The van der Waals surface area contributed by atoms with Gasteiger partial charge in [0.1, 0.15) is 17.0 Å². The average molecular weight is 548 g/mol. The van der Waals surface area contributed by atoms with Gasteiger partial charge in [0.15, 0.2) is 10.7 Å². The summed E-state index contributed by atoms with van der Waals surface area (Å²) in [6.45, 7) is 2.00. The van der Waals surface area contributed by atoms with Crippen molar-refractivity contribution in [1.82, 2.24) is 10.3 Å². The molecular weight excluding hydrogens is 529 g/mol. The molecule has 2 heterocycles. The first kappa shape index (κ1) is 24.8. The molecule has 0 aliphatic heterocycles. The van der Waals surface area contributed by atoms with Crippen LogP contribution in [0.2, 0.25) is 10.0 Å². The first-order valence-corrected chi connectivity index (χ1v) is 12.3. The van der Waals surface area contributed by atoms with E-state index in [0.29, 0.717) is 33.1 Å². The number of aromatic nitrogens is 1. The van der Waals surface area contributed by atoms with Crippen molar-refractivity contribution in [1.29, 1.82) is 0 Å². The van der Waals surface area contributed by atoms with Crippen LogP contribution in [0.4, 0.5) is 5.69 Å². The third-order valence-electron chi connectivity index (χ3n) is 5.32. The number of hydrogen-bond acceptors (Lipinski definition) is 5. The number of furan rings is 1. The molecule has 0 fully saturated rings.